The second-order valence-electron chi connectivity index (χ2n) is 5.45. The first-order valence-electron chi connectivity index (χ1n) is 6.90. The van der Waals surface area contributed by atoms with E-state index >= 15 is 0 Å². The summed E-state index contributed by atoms with van der Waals surface area (Å²) in [5, 5.41) is 3.38. The van der Waals surface area contributed by atoms with Crippen molar-refractivity contribution in [3.63, 3.8) is 0 Å². The molecule has 1 amide bonds. The van der Waals surface area contributed by atoms with E-state index < -0.39 is 0 Å². The first-order valence-corrected chi connectivity index (χ1v) is 7.27. The quantitative estimate of drug-likeness (QED) is 0.910. The Labute approximate surface area is 127 Å². The monoisotopic (exact) mass is 303 g/mol. The molecule has 0 bridgehead atoms. The maximum atomic E-state index is 13.0. The van der Waals surface area contributed by atoms with Gasteiger partial charge in [-0.3, -0.25) is 4.79 Å². The van der Waals surface area contributed by atoms with Crippen LogP contribution in [0.25, 0.3) is 0 Å². The highest BCUT2D eigenvalue weighted by Gasteiger charge is 2.44. The fourth-order valence-corrected chi connectivity index (χ4v) is 2.73. The van der Waals surface area contributed by atoms with Crippen LogP contribution in [0.4, 0.5) is 4.39 Å². The first-order chi connectivity index (χ1) is 10.1. The lowest BCUT2D eigenvalue weighted by Crippen LogP contribution is -2.32. The molecule has 2 nitrogen and oxygen atoms in total. The van der Waals surface area contributed by atoms with Gasteiger partial charge in [-0.25, -0.2) is 4.39 Å². The van der Waals surface area contributed by atoms with Crippen LogP contribution in [-0.4, -0.2) is 12.5 Å². The Morgan fingerprint density at radius 1 is 1.14 bits per heavy atom. The van der Waals surface area contributed by atoms with Gasteiger partial charge in [0.15, 0.2) is 0 Å². The van der Waals surface area contributed by atoms with Gasteiger partial charge in [0.25, 0.3) is 5.91 Å². The van der Waals surface area contributed by atoms with Gasteiger partial charge in [-0.15, -0.1) is 0 Å². The molecule has 0 atom stereocenters. The van der Waals surface area contributed by atoms with Gasteiger partial charge in [0.2, 0.25) is 0 Å². The van der Waals surface area contributed by atoms with E-state index in [1.54, 1.807) is 36.4 Å². The minimum atomic E-state index is -0.241. The molecule has 0 heterocycles. The molecule has 21 heavy (non-hydrogen) atoms. The molecule has 0 saturated heterocycles. The molecule has 2 aromatic rings. The van der Waals surface area contributed by atoms with E-state index in [2.05, 4.69) is 5.32 Å². The van der Waals surface area contributed by atoms with Crippen molar-refractivity contribution in [2.24, 2.45) is 0 Å². The summed E-state index contributed by atoms with van der Waals surface area (Å²) >= 11 is 6.02. The number of nitrogens with one attached hydrogen (secondary N) is 1. The molecular formula is C17H15ClFNO. The molecule has 1 aliphatic carbocycles. The molecule has 0 spiro atoms. The highest BCUT2D eigenvalue weighted by Crippen LogP contribution is 2.47. The predicted molar refractivity (Wildman–Crippen MR) is 81.1 cm³/mol. The van der Waals surface area contributed by atoms with Gasteiger partial charge in [-0.1, -0.05) is 35.9 Å². The van der Waals surface area contributed by atoms with Crippen LogP contribution in [0, 0.1) is 5.82 Å². The number of rotatable bonds is 4. The summed E-state index contributed by atoms with van der Waals surface area (Å²) in [5.41, 5.74) is 1.50. The Hall–Kier alpha value is -1.87. The molecule has 3 rings (SSSR count). The van der Waals surface area contributed by atoms with Gasteiger partial charge in [0.05, 0.1) is 10.6 Å². The number of carbonyl (C=O) groups is 1. The number of halogens is 2. The molecule has 0 aromatic heterocycles. The minimum absolute atomic E-state index is 0.0510. The number of carbonyl (C=O) groups excluding carboxylic acids is 1. The maximum absolute atomic E-state index is 13.0. The third-order valence-corrected chi connectivity index (χ3v) is 4.35. The molecule has 1 N–H and O–H groups in total. The molecule has 1 aliphatic rings. The normalized spacial score (nSPS) is 15.5. The second-order valence-corrected chi connectivity index (χ2v) is 5.86. The van der Waals surface area contributed by atoms with Gasteiger partial charge in [-0.05, 0) is 42.7 Å². The van der Waals surface area contributed by atoms with E-state index in [0.29, 0.717) is 17.1 Å². The Bertz CT molecular complexity index is 665. The summed E-state index contributed by atoms with van der Waals surface area (Å²) in [5.74, 6) is -0.413. The lowest BCUT2D eigenvalue weighted by molar-refractivity contribution is 0.0950. The summed E-state index contributed by atoms with van der Waals surface area (Å²) in [7, 11) is 0. The summed E-state index contributed by atoms with van der Waals surface area (Å²) < 4.78 is 13.0. The average Bonchev–Trinajstić information content (AvgIpc) is 3.27. The number of benzene rings is 2. The van der Waals surface area contributed by atoms with Gasteiger partial charge in [0, 0.05) is 12.0 Å². The van der Waals surface area contributed by atoms with Crippen LogP contribution in [-0.2, 0) is 5.41 Å². The van der Waals surface area contributed by atoms with Crippen molar-refractivity contribution in [1.82, 2.24) is 5.32 Å². The van der Waals surface area contributed by atoms with E-state index in [4.69, 9.17) is 11.6 Å². The van der Waals surface area contributed by atoms with Gasteiger partial charge in [0.1, 0.15) is 5.82 Å². The molecule has 108 valence electrons. The molecular weight excluding hydrogens is 289 g/mol. The first kappa shape index (κ1) is 14.1. The Balaban J connectivity index is 1.69. The lowest BCUT2D eigenvalue weighted by atomic mass is 9.96. The van der Waals surface area contributed by atoms with Crippen LogP contribution in [0.2, 0.25) is 5.02 Å². The van der Waals surface area contributed by atoms with E-state index in [1.807, 2.05) is 0 Å². The summed E-state index contributed by atoms with van der Waals surface area (Å²) in [6.07, 6.45) is 2.00. The third kappa shape index (κ3) is 2.93. The summed E-state index contributed by atoms with van der Waals surface area (Å²) in [6.45, 7) is 0.544. The summed E-state index contributed by atoms with van der Waals surface area (Å²) in [6, 6.07) is 13.5. The van der Waals surface area contributed by atoms with Crippen LogP contribution >= 0.6 is 11.6 Å². The van der Waals surface area contributed by atoms with Crippen molar-refractivity contribution in [3.05, 3.63) is 70.5 Å². The van der Waals surface area contributed by atoms with Crippen molar-refractivity contribution in [2.45, 2.75) is 18.3 Å². The van der Waals surface area contributed by atoms with Crippen molar-refractivity contribution < 1.29 is 9.18 Å². The highest BCUT2D eigenvalue weighted by atomic mass is 35.5. The fraction of sp³-hybridized carbons (Fsp3) is 0.235. The van der Waals surface area contributed by atoms with E-state index in [-0.39, 0.29) is 17.1 Å². The average molecular weight is 304 g/mol. The van der Waals surface area contributed by atoms with E-state index in [9.17, 15) is 9.18 Å². The predicted octanol–water partition coefficient (Wildman–Crippen LogP) is 3.94. The van der Waals surface area contributed by atoms with Crippen LogP contribution in [0.5, 0.6) is 0 Å². The van der Waals surface area contributed by atoms with Gasteiger partial charge >= 0.3 is 0 Å². The Kier molecular flexibility index (Phi) is 3.68. The van der Waals surface area contributed by atoms with Crippen LogP contribution in [0.15, 0.2) is 48.5 Å². The third-order valence-electron chi connectivity index (χ3n) is 4.02. The van der Waals surface area contributed by atoms with Crippen molar-refractivity contribution in [2.75, 3.05) is 6.54 Å². The SMILES string of the molecule is O=C(NCC1(c2ccc(F)cc2)CC1)c1ccccc1Cl. The molecule has 0 radical (unpaired) electrons. The zero-order valence-electron chi connectivity index (χ0n) is 11.4. The second kappa shape index (κ2) is 5.49. The molecule has 0 aliphatic heterocycles. The zero-order valence-corrected chi connectivity index (χ0v) is 12.2. The van der Waals surface area contributed by atoms with Crippen molar-refractivity contribution >= 4 is 17.5 Å². The zero-order chi connectivity index (χ0) is 14.9. The molecule has 1 fully saturated rings. The largest absolute Gasteiger partial charge is 0.351 e. The number of amides is 1. The van der Waals surface area contributed by atoms with Crippen molar-refractivity contribution in [1.29, 1.82) is 0 Å². The lowest BCUT2D eigenvalue weighted by Gasteiger charge is -2.17. The van der Waals surface area contributed by atoms with E-state index in [1.165, 1.54) is 12.1 Å². The van der Waals surface area contributed by atoms with Crippen LogP contribution < -0.4 is 5.32 Å². The van der Waals surface area contributed by atoms with Crippen LogP contribution in [0.3, 0.4) is 0 Å². The number of hydrogen-bond donors (Lipinski definition) is 1. The maximum Gasteiger partial charge on any atom is 0.252 e. The van der Waals surface area contributed by atoms with E-state index in [0.717, 1.165) is 18.4 Å². The van der Waals surface area contributed by atoms with Crippen LogP contribution in [0.1, 0.15) is 28.8 Å². The standard InChI is InChI=1S/C17H15ClFNO/c18-15-4-2-1-3-14(15)16(21)20-11-17(9-10-17)12-5-7-13(19)8-6-12/h1-8H,9-11H2,(H,20,21). The number of hydrogen-bond acceptors (Lipinski definition) is 1. The highest BCUT2D eigenvalue weighted by molar-refractivity contribution is 6.33. The topological polar surface area (TPSA) is 29.1 Å². The van der Waals surface area contributed by atoms with Gasteiger partial charge in [-0.2, -0.15) is 0 Å². The molecule has 4 heteroatoms. The fourth-order valence-electron chi connectivity index (χ4n) is 2.51. The Morgan fingerprint density at radius 3 is 2.43 bits per heavy atom. The Morgan fingerprint density at radius 2 is 1.81 bits per heavy atom. The summed E-state index contributed by atoms with van der Waals surface area (Å²) in [4.78, 5) is 12.2. The molecule has 2 aromatic carbocycles. The van der Waals surface area contributed by atoms with Crippen molar-refractivity contribution in [3.8, 4) is 0 Å². The smallest absolute Gasteiger partial charge is 0.252 e. The van der Waals surface area contributed by atoms with Gasteiger partial charge < -0.3 is 5.32 Å². The minimum Gasteiger partial charge on any atom is -0.351 e. The molecule has 1 saturated carbocycles. The molecule has 0 unspecified atom stereocenters.